The van der Waals surface area contributed by atoms with Gasteiger partial charge in [0.1, 0.15) is 6.61 Å². The lowest BCUT2D eigenvalue weighted by Crippen LogP contribution is -2.29. The molecule has 0 aromatic heterocycles. The van der Waals surface area contributed by atoms with Gasteiger partial charge in [0.05, 0.1) is 13.2 Å². The van der Waals surface area contributed by atoms with Crippen LogP contribution in [0.5, 0.6) is 0 Å². The molecule has 2 atom stereocenters. The standard InChI is InChI=1S/C48H95O8P/c1-4-7-9-11-13-15-17-19-20-21-22-23-24-25-26-27-28-29-31-33-35-37-39-41-43-48(50)56-46(45-55-57(51,52)54-6-3)44-53-47(49)42-40-38-36-34-32-30-18-16-14-12-10-8-5-2/h46H,4-45H2,1-3H3,(H,51,52). The fourth-order valence-electron chi connectivity index (χ4n) is 7.52. The molecular weight excluding hydrogens is 735 g/mol. The number of unbranched alkanes of at least 4 members (excludes halogenated alkanes) is 35. The van der Waals surface area contributed by atoms with Gasteiger partial charge in [-0.25, -0.2) is 4.57 Å². The third kappa shape index (κ3) is 44.4. The third-order valence-electron chi connectivity index (χ3n) is 11.2. The number of ether oxygens (including phenoxy) is 2. The van der Waals surface area contributed by atoms with Gasteiger partial charge in [-0.05, 0) is 19.8 Å². The molecule has 0 aliphatic heterocycles. The van der Waals surface area contributed by atoms with Crippen molar-refractivity contribution in [3.05, 3.63) is 0 Å². The van der Waals surface area contributed by atoms with E-state index in [2.05, 4.69) is 13.8 Å². The van der Waals surface area contributed by atoms with Gasteiger partial charge in [-0.15, -0.1) is 0 Å². The molecule has 0 aliphatic rings. The first kappa shape index (κ1) is 56.0. The molecule has 0 amide bonds. The SMILES string of the molecule is CCCCCCCCCCCCCCCCCCCCCCCCCCC(=O)OC(COC(=O)CCCCCCCCCCCCCCC)COP(=O)(O)OCC. The normalized spacial score (nSPS) is 13.1. The van der Waals surface area contributed by atoms with E-state index in [1.54, 1.807) is 6.92 Å². The highest BCUT2D eigenvalue weighted by atomic mass is 31.2. The lowest BCUT2D eigenvalue weighted by Gasteiger charge is -2.19. The Morgan fingerprint density at radius 3 is 0.982 bits per heavy atom. The van der Waals surface area contributed by atoms with Crippen LogP contribution in [0.25, 0.3) is 0 Å². The van der Waals surface area contributed by atoms with Crippen molar-refractivity contribution in [2.45, 2.75) is 277 Å². The summed E-state index contributed by atoms with van der Waals surface area (Å²) in [6, 6.07) is 0. The van der Waals surface area contributed by atoms with E-state index in [1.165, 1.54) is 199 Å². The largest absolute Gasteiger partial charge is 0.472 e. The van der Waals surface area contributed by atoms with Gasteiger partial charge < -0.3 is 14.4 Å². The average Bonchev–Trinajstić information content (AvgIpc) is 3.19. The summed E-state index contributed by atoms with van der Waals surface area (Å²) >= 11 is 0. The van der Waals surface area contributed by atoms with Crippen LogP contribution >= 0.6 is 7.82 Å². The summed E-state index contributed by atoms with van der Waals surface area (Å²) in [6.45, 7) is 5.54. The number of esters is 2. The average molecular weight is 831 g/mol. The molecule has 0 fully saturated rings. The van der Waals surface area contributed by atoms with Gasteiger partial charge in [0, 0.05) is 12.8 Å². The molecule has 0 spiro atoms. The molecule has 0 radical (unpaired) electrons. The third-order valence-corrected chi connectivity index (χ3v) is 12.2. The fourth-order valence-corrected chi connectivity index (χ4v) is 8.27. The maximum atomic E-state index is 12.6. The molecule has 0 saturated heterocycles. The second-order valence-electron chi connectivity index (χ2n) is 16.9. The highest BCUT2D eigenvalue weighted by Gasteiger charge is 2.25. The lowest BCUT2D eigenvalue weighted by atomic mass is 10.0. The van der Waals surface area contributed by atoms with Crippen molar-refractivity contribution < 1.29 is 37.6 Å². The molecule has 340 valence electrons. The maximum Gasteiger partial charge on any atom is 0.472 e. The number of phosphoric acid groups is 1. The van der Waals surface area contributed by atoms with E-state index in [9.17, 15) is 19.0 Å². The van der Waals surface area contributed by atoms with Crippen LogP contribution in [0.4, 0.5) is 0 Å². The van der Waals surface area contributed by atoms with Gasteiger partial charge >= 0.3 is 19.8 Å². The van der Waals surface area contributed by atoms with E-state index >= 15 is 0 Å². The molecule has 1 N–H and O–H groups in total. The first-order chi connectivity index (χ1) is 27.8. The summed E-state index contributed by atoms with van der Waals surface area (Å²) in [4.78, 5) is 34.8. The number of carbonyl (C=O) groups excluding carboxylic acids is 2. The maximum absolute atomic E-state index is 12.6. The summed E-state index contributed by atoms with van der Waals surface area (Å²) in [7, 11) is -4.27. The van der Waals surface area contributed by atoms with Gasteiger partial charge in [-0.2, -0.15) is 0 Å². The summed E-state index contributed by atoms with van der Waals surface area (Å²) in [5, 5.41) is 0. The van der Waals surface area contributed by atoms with Crippen molar-refractivity contribution in [3.63, 3.8) is 0 Å². The Hall–Kier alpha value is -0.950. The van der Waals surface area contributed by atoms with Crippen LogP contribution in [-0.4, -0.2) is 42.8 Å². The topological polar surface area (TPSA) is 108 Å². The number of rotatable bonds is 47. The van der Waals surface area contributed by atoms with Crippen LogP contribution in [-0.2, 0) is 32.7 Å². The molecule has 0 aromatic rings. The zero-order valence-corrected chi connectivity index (χ0v) is 38.9. The Balaban J connectivity index is 3.89. The van der Waals surface area contributed by atoms with Crippen molar-refractivity contribution in [1.29, 1.82) is 0 Å². The van der Waals surface area contributed by atoms with Crippen LogP contribution in [0, 0.1) is 0 Å². The first-order valence-electron chi connectivity index (χ1n) is 24.8. The summed E-state index contributed by atoms with van der Waals surface area (Å²) in [5.41, 5.74) is 0. The van der Waals surface area contributed by atoms with Crippen LogP contribution < -0.4 is 0 Å². The Morgan fingerprint density at radius 1 is 0.404 bits per heavy atom. The Kier molecular flexibility index (Phi) is 43.9. The predicted octanol–water partition coefficient (Wildman–Crippen LogP) is 15.8. The zero-order chi connectivity index (χ0) is 41.8. The highest BCUT2D eigenvalue weighted by Crippen LogP contribution is 2.43. The van der Waals surface area contributed by atoms with Crippen molar-refractivity contribution in [1.82, 2.24) is 0 Å². The van der Waals surface area contributed by atoms with Crippen molar-refractivity contribution in [2.24, 2.45) is 0 Å². The monoisotopic (exact) mass is 831 g/mol. The van der Waals surface area contributed by atoms with Gasteiger partial charge in [-0.1, -0.05) is 239 Å². The Labute approximate surface area is 353 Å². The second-order valence-corrected chi connectivity index (χ2v) is 18.3. The Bertz CT molecular complexity index is 900. The molecular formula is C48H95O8P. The predicted molar refractivity (Wildman–Crippen MR) is 240 cm³/mol. The zero-order valence-electron chi connectivity index (χ0n) is 38.0. The van der Waals surface area contributed by atoms with E-state index in [4.69, 9.17) is 18.5 Å². The van der Waals surface area contributed by atoms with Gasteiger partial charge in [0.2, 0.25) is 0 Å². The smallest absolute Gasteiger partial charge is 0.462 e. The summed E-state index contributed by atoms with van der Waals surface area (Å²) < 4.78 is 32.7. The van der Waals surface area contributed by atoms with E-state index in [0.717, 1.165) is 38.5 Å². The van der Waals surface area contributed by atoms with E-state index < -0.39 is 19.9 Å². The molecule has 2 unspecified atom stereocenters. The molecule has 0 bridgehead atoms. The minimum Gasteiger partial charge on any atom is -0.462 e. The fraction of sp³-hybridized carbons (Fsp3) is 0.958. The van der Waals surface area contributed by atoms with Crippen LogP contribution in [0.15, 0.2) is 0 Å². The molecule has 0 rings (SSSR count). The van der Waals surface area contributed by atoms with Gasteiger partial charge in [-0.3, -0.25) is 18.6 Å². The van der Waals surface area contributed by atoms with Crippen LogP contribution in [0.1, 0.15) is 271 Å². The molecule has 0 heterocycles. The van der Waals surface area contributed by atoms with Gasteiger partial charge in [0.15, 0.2) is 6.10 Å². The van der Waals surface area contributed by atoms with E-state index in [1.807, 2.05) is 0 Å². The quantitative estimate of drug-likeness (QED) is 0.0367. The summed E-state index contributed by atoms with van der Waals surface area (Å²) in [6.07, 6.45) is 47.4. The van der Waals surface area contributed by atoms with Crippen LogP contribution in [0.3, 0.4) is 0 Å². The minimum atomic E-state index is -4.27. The first-order valence-corrected chi connectivity index (χ1v) is 26.3. The van der Waals surface area contributed by atoms with Crippen molar-refractivity contribution in [2.75, 3.05) is 19.8 Å². The minimum absolute atomic E-state index is 0.00586. The van der Waals surface area contributed by atoms with Crippen molar-refractivity contribution in [3.8, 4) is 0 Å². The van der Waals surface area contributed by atoms with E-state index in [-0.39, 0.29) is 32.2 Å². The molecule has 8 nitrogen and oxygen atoms in total. The molecule has 9 heteroatoms. The van der Waals surface area contributed by atoms with Crippen molar-refractivity contribution >= 4 is 19.8 Å². The molecule has 57 heavy (non-hydrogen) atoms. The molecule has 0 aromatic carbocycles. The van der Waals surface area contributed by atoms with Gasteiger partial charge in [0.25, 0.3) is 0 Å². The lowest BCUT2D eigenvalue weighted by molar-refractivity contribution is -0.161. The number of hydrogen-bond donors (Lipinski definition) is 1. The van der Waals surface area contributed by atoms with Crippen LogP contribution in [0.2, 0.25) is 0 Å². The highest BCUT2D eigenvalue weighted by molar-refractivity contribution is 7.47. The van der Waals surface area contributed by atoms with E-state index in [0.29, 0.717) is 6.42 Å². The second kappa shape index (κ2) is 44.6. The molecule has 0 aliphatic carbocycles. The number of carbonyl (C=O) groups is 2. The molecule has 0 saturated carbocycles. The number of hydrogen-bond acceptors (Lipinski definition) is 7. The Morgan fingerprint density at radius 2 is 0.684 bits per heavy atom. The summed E-state index contributed by atoms with van der Waals surface area (Å²) in [5.74, 6) is -0.778. The number of phosphoric ester groups is 1.